The highest BCUT2D eigenvalue weighted by Crippen LogP contribution is 2.07. The number of hydrogen-bond donors (Lipinski definition) is 2. The Bertz CT molecular complexity index is 237. The number of carboxylic acid groups (broad SMARTS) is 1. The van der Waals surface area contributed by atoms with E-state index in [0.717, 1.165) is 0 Å². The Morgan fingerprint density at radius 2 is 2.00 bits per heavy atom. The van der Waals surface area contributed by atoms with Crippen molar-refractivity contribution in [3.63, 3.8) is 0 Å². The van der Waals surface area contributed by atoms with Gasteiger partial charge in [-0.05, 0) is 33.4 Å². The summed E-state index contributed by atoms with van der Waals surface area (Å²) in [5.74, 6) is -1.05. The zero-order chi connectivity index (χ0) is 12.1. The van der Waals surface area contributed by atoms with Crippen molar-refractivity contribution in [2.75, 3.05) is 6.16 Å². The highest BCUT2D eigenvalue weighted by Gasteiger charge is 2.22. The van der Waals surface area contributed by atoms with Gasteiger partial charge in [0.05, 0.1) is 0 Å². The fourth-order valence-electron chi connectivity index (χ4n) is 0.874. The second kappa shape index (κ2) is 5.91. The summed E-state index contributed by atoms with van der Waals surface area (Å²) >= 11 is 0. The highest BCUT2D eigenvalue weighted by molar-refractivity contribution is 7.16. The molecular formula is C9H18NO4P. The van der Waals surface area contributed by atoms with Crippen molar-refractivity contribution in [2.24, 2.45) is 0 Å². The molecule has 0 aliphatic rings. The molecule has 0 saturated heterocycles. The molecule has 2 N–H and O–H groups in total. The van der Waals surface area contributed by atoms with E-state index in [-0.39, 0.29) is 0 Å². The van der Waals surface area contributed by atoms with Crippen molar-refractivity contribution >= 4 is 21.3 Å². The SMILES string of the molecule is CC(C)(C)OC(=O)NC(CCP)C(=O)O. The molecule has 0 rings (SSSR count). The van der Waals surface area contributed by atoms with Gasteiger partial charge in [-0.25, -0.2) is 9.59 Å². The summed E-state index contributed by atoms with van der Waals surface area (Å²) in [6.45, 7) is 5.16. The lowest BCUT2D eigenvalue weighted by Crippen LogP contribution is -2.43. The van der Waals surface area contributed by atoms with E-state index in [1.165, 1.54) is 0 Å². The zero-order valence-corrected chi connectivity index (χ0v) is 10.4. The first kappa shape index (κ1) is 14.2. The number of hydrogen-bond acceptors (Lipinski definition) is 3. The molecule has 0 bridgehead atoms. The summed E-state index contributed by atoms with van der Waals surface area (Å²) in [5.41, 5.74) is -0.617. The number of aliphatic carboxylic acids is 1. The van der Waals surface area contributed by atoms with Crippen LogP contribution in [0.2, 0.25) is 0 Å². The second-order valence-corrected chi connectivity index (χ2v) is 4.69. The fourth-order valence-corrected chi connectivity index (χ4v) is 1.21. The minimum absolute atomic E-state index is 0.360. The summed E-state index contributed by atoms with van der Waals surface area (Å²) in [5, 5.41) is 11.1. The van der Waals surface area contributed by atoms with Gasteiger partial charge in [-0.15, -0.1) is 9.24 Å². The average molecular weight is 235 g/mol. The van der Waals surface area contributed by atoms with Crippen LogP contribution in [0, 0.1) is 0 Å². The first-order chi connectivity index (χ1) is 6.76. The Balaban J connectivity index is 4.18. The molecule has 0 aromatic rings. The van der Waals surface area contributed by atoms with Crippen molar-refractivity contribution in [2.45, 2.75) is 38.8 Å². The van der Waals surface area contributed by atoms with Crippen LogP contribution in [0.5, 0.6) is 0 Å². The molecule has 1 amide bonds. The Morgan fingerprint density at radius 1 is 1.47 bits per heavy atom. The maximum atomic E-state index is 11.2. The van der Waals surface area contributed by atoms with E-state index in [0.29, 0.717) is 12.6 Å². The molecule has 2 atom stereocenters. The van der Waals surface area contributed by atoms with Gasteiger partial charge < -0.3 is 15.2 Å². The van der Waals surface area contributed by atoms with Crippen molar-refractivity contribution in [3.05, 3.63) is 0 Å². The van der Waals surface area contributed by atoms with Crippen LogP contribution in [-0.4, -0.2) is 35.0 Å². The van der Waals surface area contributed by atoms with Gasteiger partial charge >= 0.3 is 12.1 Å². The van der Waals surface area contributed by atoms with Crippen LogP contribution in [-0.2, 0) is 9.53 Å². The third-order valence-corrected chi connectivity index (χ3v) is 1.78. The molecular weight excluding hydrogens is 217 g/mol. The normalized spacial score (nSPS) is 13.1. The smallest absolute Gasteiger partial charge is 0.408 e. The molecule has 0 fully saturated rings. The van der Waals surface area contributed by atoms with Crippen LogP contribution in [0.15, 0.2) is 0 Å². The average Bonchev–Trinajstić information content (AvgIpc) is 1.99. The summed E-state index contributed by atoms with van der Waals surface area (Å²) in [7, 11) is 2.41. The quantitative estimate of drug-likeness (QED) is 0.718. The number of ether oxygens (including phenoxy) is 1. The molecule has 0 radical (unpaired) electrons. The Kier molecular flexibility index (Phi) is 5.58. The monoisotopic (exact) mass is 235 g/mol. The van der Waals surface area contributed by atoms with Crippen LogP contribution in [0.25, 0.3) is 0 Å². The highest BCUT2D eigenvalue weighted by atomic mass is 31.0. The largest absolute Gasteiger partial charge is 0.480 e. The fraction of sp³-hybridized carbons (Fsp3) is 0.778. The molecule has 0 aliphatic carbocycles. The van der Waals surface area contributed by atoms with Gasteiger partial charge in [0, 0.05) is 0 Å². The number of carbonyl (C=O) groups excluding carboxylic acids is 1. The van der Waals surface area contributed by atoms with Gasteiger partial charge in [-0.1, -0.05) is 0 Å². The lowest BCUT2D eigenvalue weighted by molar-refractivity contribution is -0.139. The predicted molar refractivity (Wildman–Crippen MR) is 60.0 cm³/mol. The van der Waals surface area contributed by atoms with Crippen LogP contribution >= 0.6 is 9.24 Å². The minimum atomic E-state index is -1.05. The molecule has 2 unspecified atom stereocenters. The number of amides is 1. The van der Waals surface area contributed by atoms with Crippen LogP contribution in [0.3, 0.4) is 0 Å². The van der Waals surface area contributed by atoms with E-state index in [1.807, 2.05) is 0 Å². The van der Waals surface area contributed by atoms with Gasteiger partial charge in [0.2, 0.25) is 0 Å². The molecule has 0 spiro atoms. The van der Waals surface area contributed by atoms with E-state index >= 15 is 0 Å². The van der Waals surface area contributed by atoms with Gasteiger partial charge in [0.25, 0.3) is 0 Å². The summed E-state index contributed by atoms with van der Waals surface area (Å²) in [6, 6.07) is -0.891. The molecule has 6 heteroatoms. The molecule has 0 aromatic heterocycles. The maximum Gasteiger partial charge on any atom is 0.408 e. The first-order valence-corrected chi connectivity index (χ1v) is 5.50. The molecule has 5 nitrogen and oxygen atoms in total. The number of carbonyl (C=O) groups is 2. The van der Waals surface area contributed by atoms with Crippen LogP contribution in [0.4, 0.5) is 4.79 Å². The molecule has 0 heterocycles. The van der Waals surface area contributed by atoms with E-state index in [2.05, 4.69) is 14.6 Å². The lowest BCUT2D eigenvalue weighted by atomic mass is 10.2. The summed E-state index contributed by atoms with van der Waals surface area (Å²) in [6.07, 6.45) is 0.264. The molecule has 0 aromatic carbocycles. The van der Waals surface area contributed by atoms with E-state index in [4.69, 9.17) is 9.84 Å². The van der Waals surface area contributed by atoms with Gasteiger partial charge in [-0.2, -0.15) is 0 Å². The Morgan fingerprint density at radius 3 is 2.33 bits per heavy atom. The van der Waals surface area contributed by atoms with Gasteiger partial charge in [0.15, 0.2) is 0 Å². The van der Waals surface area contributed by atoms with E-state index in [1.54, 1.807) is 20.8 Å². The summed E-state index contributed by atoms with van der Waals surface area (Å²) in [4.78, 5) is 22.0. The van der Waals surface area contributed by atoms with Crippen LogP contribution < -0.4 is 5.32 Å². The molecule has 88 valence electrons. The predicted octanol–water partition coefficient (Wildman–Crippen LogP) is 1.23. The maximum absolute atomic E-state index is 11.2. The van der Waals surface area contributed by atoms with E-state index < -0.39 is 23.7 Å². The number of alkyl carbamates (subject to hydrolysis) is 1. The second-order valence-electron chi connectivity index (χ2n) is 4.11. The minimum Gasteiger partial charge on any atom is -0.480 e. The first-order valence-electron chi connectivity index (χ1n) is 4.68. The topological polar surface area (TPSA) is 75.6 Å². The number of rotatable bonds is 4. The molecule has 0 saturated carbocycles. The van der Waals surface area contributed by atoms with Crippen molar-refractivity contribution < 1.29 is 19.4 Å². The third-order valence-electron chi connectivity index (χ3n) is 1.44. The van der Waals surface area contributed by atoms with Gasteiger partial charge in [-0.3, -0.25) is 0 Å². The third kappa shape index (κ3) is 7.14. The molecule has 15 heavy (non-hydrogen) atoms. The molecule has 0 aliphatic heterocycles. The van der Waals surface area contributed by atoms with Crippen molar-refractivity contribution in [1.82, 2.24) is 5.32 Å². The summed E-state index contributed by atoms with van der Waals surface area (Å²) < 4.78 is 4.94. The van der Waals surface area contributed by atoms with Gasteiger partial charge in [0.1, 0.15) is 11.6 Å². The number of nitrogens with one attached hydrogen (secondary N) is 1. The Labute approximate surface area is 91.8 Å². The van der Waals surface area contributed by atoms with E-state index in [9.17, 15) is 9.59 Å². The van der Waals surface area contributed by atoms with Crippen LogP contribution in [0.1, 0.15) is 27.2 Å². The standard InChI is InChI=1S/C9H18NO4P/c1-9(2,3)14-8(13)10-6(4-5-15)7(11)12/h6H,4-5,15H2,1-3H3,(H,10,13)(H,11,12). The number of carboxylic acids is 1. The van der Waals surface area contributed by atoms with Crippen molar-refractivity contribution in [1.29, 1.82) is 0 Å². The Hall–Kier alpha value is -0.830. The zero-order valence-electron chi connectivity index (χ0n) is 9.24. The van der Waals surface area contributed by atoms with Crippen molar-refractivity contribution in [3.8, 4) is 0 Å². The lowest BCUT2D eigenvalue weighted by Gasteiger charge is -2.21.